The van der Waals surface area contributed by atoms with Gasteiger partial charge in [-0.1, -0.05) is 13.3 Å². The number of nitrogens with one attached hydrogen (secondary N) is 1. The lowest BCUT2D eigenvalue weighted by Gasteiger charge is -2.13. The third-order valence-corrected chi connectivity index (χ3v) is 4.34. The molecule has 0 aromatic heterocycles. The van der Waals surface area contributed by atoms with Crippen molar-refractivity contribution in [3.8, 4) is 0 Å². The van der Waals surface area contributed by atoms with Gasteiger partial charge in [0, 0.05) is 19.3 Å². The van der Waals surface area contributed by atoms with E-state index in [9.17, 15) is 0 Å². The van der Waals surface area contributed by atoms with Crippen molar-refractivity contribution < 1.29 is 9.47 Å². The molecule has 3 atom stereocenters. The monoisotopic (exact) mass is 255 g/mol. The first-order valence-corrected chi connectivity index (χ1v) is 7.81. The molecule has 1 heterocycles. The maximum atomic E-state index is 5.66. The normalized spacial score (nSPS) is 32.2. The number of hydrogen-bond donors (Lipinski definition) is 1. The van der Waals surface area contributed by atoms with Crippen LogP contribution >= 0.6 is 0 Å². The minimum Gasteiger partial charge on any atom is -0.379 e. The standard InChI is InChI=1S/C15H29NO2/c1-2-13-6-7-14(11-13)16-8-4-9-17-12-15-5-3-10-18-15/h13-16H,2-12H2,1H3. The van der Waals surface area contributed by atoms with E-state index in [1.807, 2.05) is 0 Å². The molecule has 1 aliphatic carbocycles. The highest BCUT2D eigenvalue weighted by atomic mass is 16.5. The van der Waals surface area contributed by atoms with Crippen molar-refractivity contribution in [1.29, 1.82) is 0 Å². The minimum absolute atomic E-state index is 0.373. The molecule has 0 aromatic rings. The molecule has 1 saturated heterocycles. The SMILES string of the molecule is CCC1CCC(NCCCOCC2CCCO2)C1. The average Bonchev–Trinajstić information content (AvgIpc) is 3.04. The van der Waals surface area contributed by atoms with E-state index in [1.54, 1.807) is 0 Å². The van der Waals surface area contributed by atoms with E-state index in [0.717, 1.165) is 44.7 Å². The van der Waals surface area contributed by atoms with Crippen molar-refractivity contribution in [2.45, 2.75) is 64.0 Å². The largest absolute Gasteiger partial charge is 0.379 e. The van der Waals surface area contributed by atoms with Crippen LogP contribution in [-0.2, 0) is 9.47 Å². The summed E-state index contributed by atoms with van der Waals surface area (Å²) in [7, 11) is 0. The second-order valence-corrected chi connectivity index (χ2v) is 5.80. The van der Waals surface area contributed by atoms with E-state index in [4.69, 9.17) is 9.47 Å². The summed E-state index contributed by atoms with van der Waals surface area (Å²) in [5.74, 6) is 0.971. The van der Waals surface area contributed by atoms with Crippen molar-refractivity contribution >= 4 is 0 Å². The second-order valence-electron chi connectivity index (χ2n) is 5.80. The highest BCUT2D eigenvalue weighted by Crippen LogP contribution is 2.27. The van der Waals surface area contributed by atoms with Gasteiger partial charge < -0.3 is 14.8 Å². The Morgan fingerprint density at radius 2 is 2.22 bits per heavy atom. The lowest BCUT2D eigenvalue weighted by Crippen LogP contribution is -2.28. The lowest BCUT2D eigenvalue weighted by atomic mass is 10.1. The lowest BCUT2D eigenvalue weighted by molar-refractivity contribution is 0.0165. The predicted octanol–water partition coefficient (Wildman–Crippen LogP) is 2.74. The molecule has 3 nitrogen and oxygen atoms in total. The summed E-state index contributed by atoms with van der Waals surface area (Å²) >= 11 is 0. The van der Waals surface area contributed by atoms with Crippen LogP contribution in [0.3, 0.4) is 0 Å². The van der Waals surface area contributed by atoms with Gasteiger partial charge in [-0.05, 0) is 51.0 Å². The van der Waals surface area contributed by atoms with Gasteiger partial charge in [0.25, 0.3) is 0 Å². The zero-order valence-corrected chi connectivity index (χ0v) is 11.8. The van der Waals surface area contributed by atoms with Crippen LogP contribution in [0, 0.1) is 5.92 Å². The van der Waals surface area contributed by atoms with Crippen molar-refractivity contribution in [1.82, 2.24) is 5.32 Å². The van der Waals surface area contributed by atoms with Crippen molar-refractivity contribution in [2.24, 2.45) is 5.92 Å². The summed E-state index contributed by atoms with van der Waals surface area (Å²) in [6, 6.07) is 0.771. The fraction of sp³-hybridized carbons (Fsp3) is 1.00. The molecule has 3 unspecified atom stereocenters. The van der Waals surface area contributed by atoms with E-state index in [1.165, 1.54) is 38.5 Å². The summed E-state index contributed by atoms with van der Waals surface area (Å²) in [5, 5.41) is 3.66. The predicted molar refractivity (Wildman–Crippen MR) is 73.8 cm³/mol. The van der Waals surface area contributed by atoms with Crippen molar-refractivity contribution in [2.75, 3.05) is 26.4 Å². The van der Waals surface area contributed by atoms with Gasteiger partial charge in [-0.25, -0.2) is 0 Å². The minimum atomic E-state index is 0.373. The van der Waals surface area contributed by atoms with Gasteiger partial charge in [0.15, 0.2) is 0 Å². The van der Waals surface area contributed by atoms with Gasteiger partial charge in [0.2, 0.25) is 0 Å². The molecular formula is C15H29NO2. The van der Waals surface area contributed by atoms with E-state index in [-0.39, 0.29) is 0 Å². The number of ether oxygens (including phenoxy) is 2. The maximum Gasteiger partial charge on any atom is 0.0809 e. The first kappa shape index (κ1) is 14.3. The van der Waals surface area contributed by atoms with Gasteiger partial charge in [-0.3, -0.25) is 0 Å². The molecular weight excluding hydrogens is 226 g/mol. The molecule has 0 amide bonds. The van der Waals surface area contributed by atoms with E-state index < -0.39 is 0 Å². The third kappa shape index (κ3) is 4.87. The Balaban J connectivity index is 1.39. The molecule has 3 heteroatoms. The molecule has 18 heavy (non-hydrogen) atoms. The van der Waals surface area contributed by atoms with Crippen LogP contribution in [0.25, 0.3) is 0 Å². The van der Waals surface area contributed by atoms with Crippen LogP contribution in [0.2, 0.25) is 0 Å². The Bertz CT molecular complexity index is 217. The summed E-state index contributed by atoms with van der Waals surface area (Å²) in [6.07, 6.45) is 9.40. The second kappa shape index (κ2) is 8.13. The first-order valence-electron chi connectivity index (χ1n) is 7.81. The Kier molecular flexibility index (Phi) is 6.46. The average molecular weight is 255 g/mol. The summed E-state index contributed by atoms with van der Waals surface area (Å²) in [4.78, 5) is 0. The fourth-order valence-electron chi connectivity index (χ4n) is 3.10. The highest BCUT2D eigenvalue weighted by Gasteiger charge is 2.22. The van der Waals surface area contributed by atoms with Crippen LogP contribution in [0.15, 0.2) is 0 Å². The topological polar surface area (TPSA) is 30.5 Å². The van der Waals surface area contributed by atoms with Crippen molar-refractivity contribution in [3.63, 3.8) is 0 Å². The van der Waals surface area contributed by atoms with Gasteiger partial charge >= 0.3 is 0 Å². The van der Waals surface area contributed by atoms with E-state index in [2.05, 4.69) is 12.2 Å². The van der Waals surface area contributed by atoms with Crippen LogP contribution in [0.4, 0.5) is 0 Å². The van der Waals surface area contributed by atoms with E-state index >= 15 is 0 Å². The van der Waals surface area contributed by atoms with Crippen molar-refractivity contribution in [3.05, 3.63) is 0 Å². The van der Waals surface area contributed by atoms with E-state index in [0.29, 0.717) is 6.10 Å². The molecule has 2 fully saturated rings. The van der Waals surface area contributed by atoms with Gasteiger partial charge in [-0.2, -0.15) is 0 Å². The smallest absolute Gasteiger partial charge is 0.0809 e. The van der Waals surface area contributed by atoms with Gasteiger partial charge in [-0.15, -0.1) is 0 Å². The Morgan fingerprint density at radius 1 is 1.28 bits per heavy atom. The zero-order valence-electron chi connectivity index (χ0n) is 11.8. The van der Waals surface area contributed by atoms with Gasteiger partial charge in [0.05, 0.1) is 12.7 Å². The first-order chi connectivity index (χ1) is 8.88. The molecule has 0 radical (unpaired) electrons. The molecule has 106 valence electrons. The number of rotatable bonds is 8. The summed E-state index contributed by atoms with van der Waals surface area (Å²) in [6.45, 7) is 6.01. The molecule has 2 aliphatic rings. The molecule has 1 aliphatic heterocycles. The highest BCUT2D eigenvalue weighted by molar-refractivity contribution is 4.79. The van der Waals surface area contributed by atoms with Gasteiger partial charge in [0.1, 0.15) is 0 Å². The summed E-state index contributed by atoms with van der Waals surface area (Å²) < 4.78 is 11.2. The molecule has 2 rings (SSSR count). The third-order valence-electron chi connectivity index (χ3n) is 4.34. The fourth-order valence-corrected chi connectivity index (χ4v) is 3.10. The summed E-state index contributed by atoms with van der Waals surface area (Å²) in [5.41, 5.74) is 0. The van der Waals surface area contributed by atoms with Crippen LogP contribution in [0.1, 0.15) is 51.9 Å². The number of hydrogen-bond acceptors (Lipinski definition) is 3. The molecule has 0 spiro atoms. The van der Waals surface area contributed by atoms with Crippen LogP contribution in [-0.4, -0.2) is 38.5 Å². The molecule has 0 aromatic carbocycles. The Morgan fingerprint density at radius 3 is 2.94 bits per heavy atom. The van der Waals surface area contributed by atoms with Crippen LogP contribution < -0.4 is 5.32 Å². The Labute approximate surface area is 112 Å². The molecule has 1 N–H and O–H groups in total. The zero-order chi connectivity index (χ0) is 12.6. The molecule has 0 bridgehead atoms. The Hall–Kier alpha value is -0.120. The molecule has 1 saturated carbocycles. The maximum absolute atomic E-state index is 5.66. The van der Waals surface area contributed by atoms with Crippen LogP contribution in [0.5, 0.6) is 0 Å². The quantitative estimate of drug-likeness (QED) is 0.677.